The van der Waals surface area contributed by atoms with E-state index in [1.807, 2.05) is 36.4 Å². The van der Waals surface area contributed by atoms with Gasteiger partial charge in [0, 0.05) is 5.69 Å². The lowest BCUT2D eigenvalue weighted by molar-refractivity contribution is -0.126. The molecule has 3 aromatic rings. The molecule has 164 valence electrons. The summed E-state index contributed by atoms with van der Waals surface area (Å²) in [6.45, 7) is 0.393. The normalized spacial score (nSPS) is 10.6. The first-order chi connectivity index (χ1) is 15.5. The largest absolute Gasteiger partial charge is 0.493 e. The summed E-state index contributed by atoms with van der Waals surface area (Å²) >= 11 is 3.49. The number of ether oxygens (including phenoxy) is 2. The fraction of sp³-hybridized carbons (Fsp3) is 0.125. The third kappa shape index (κ3) is 6.95. The number of rotatable bonds is 9. The number of carbonyl (C=O) groups is 2. The van der Waals surface area contributed by atoms with Gasteiger partial charge in [-0.25, -0.2) is 5.43 Å². The second-order valence-corrected chi connectivity index (χ2v) is 7.55. The Kier molecular flexibility index (Phi) is 8.39. The first kappa shape index (κ1) is 23.0. The van der Waals surface area contributed by atoms with Crippen molar-refractivity contribution in [3.63, 3.8) is 0 Å². The Morgan fingerprint density at radius 1 is 1.00 bits per heavy atom. The fourth-order valence-electron chi connectivity index (χ4n) is 2.77. The van der Waals surface area contributed by atoms with E-state index in [2.05, 4.69) is 31.8 Å². The number of hydrazone groups is 1. The van der Waals surface area contributed by atoms with Crippen molar-refractivity contribution in [2.75, 3.05) is 12.4 Å². The number of hydrogen-bond donors (Lipinski definition) is 2. The number of carbonyl (C=O) groups excluding carboxylic acids is 2. The quantitative estimate of drug-likeness (QED) is 0.259. The van der Waals surface area contributed by atoms with Crippen LogP contribution >= 0.6 is 15.9 Å². The van der Waals surface area contributed by atoms with Crippen LogP contribution in [0.1, 0.15) is 17.5 Å². The molecule has 0 aliphatic rings. The fourth-order valence-corrected chi connectivity index (χ4v) is 3.35. The number of para-hydroxylation sites is 1. The standard InChI is InChI=1S/C24H22BrN3O4/c1-31-21-13-18(12-20(25)24(21)32-16-17-8-4-2-5-9-17)15-26-28-23(30)14-22(29)27-19-10-6-3-7-11-19/h2-13,15H,14,16H2,1H3,(H,27,29)(H,28,30). The number of hydrogen-bond acceptors (Lipinski definition) is 5. The van der Waals surface area contributed by atoms with Gasteiger partial charge in [-0.1, -0.05) is 48.5 Å². The highest BCUT2D eigenvalue weighted by Gasteiger charge is 2.12. The van der Waals surface area contributed by atoms with E-state index in [-0.39, 0.29) is 6.42 Å². The monoisotopic (exact) mass is 495 g/mol. The molecule has 0 atom stereocenters. The van der Waals surface area contributed by atoms with Crippen LogP contribution in [0.15, 0.2) is 82.4 Å². The number of halogens is 1. The Balaban J connectivity index is 1.56. The first-order valence-electron chi connectivity index (χ1n) is 9.76. The molecule has 0 bridgehead atoms. The van der Waals surface area contributed by atoms with Crippen molar-refractivity contribution >= 4 is 39.6 Å². The van der Waals surface area contributed by atoms with Crippen molar-refractivity contribution in [1.29, 1.82) is 0 Å². The molecule has 0 saturated carbocycles. The van der Waals surface area contributed by atoms with Crippen LogP contribution in [0.4, 0.5) is 5.69 Å². The van der Waals surface area contributed by atoms with Crippen molar-refractivity contribution in [3.05, 3.63) is 88.4 Å². The van der Waals surface area contributed by atoms with E-state index in [9.17, 15) is 9.59 Å². The van der Waals surface area contributed by atoms with Gasteiger partial charge in [-0.3, -0.25) is 9.59 Å². The SMILES string of the molecule is COc1cc(C=NNC(=O)CC(=O)Nc2ccccc2)cc(Br)c1OCc1ccccc1. The summed E-state index contributed by atoms with van der Waals surface area (Å²) in [5.41, 5.74) is 4.68. The lowest BCUT2D eigenvalue weighted by atomic mass is 10.2. The van der Waals surface area contributed by atoms with E-state index in [4.69, 9.17) is 9.47 Å². The molecule has 0 aliphatic carbocycles. The molecule has 0 spiro atoms. The van der Waals surface area contributed by atoms with Crippen LogP contribution in [0, 0.1) is 0 Å². The van der Waals surface area contributed by atoms with Crippen LogP contribution in [-0.4, -0.2) is 25.1 Å². The second kappa shape index (κ2) is 11.7. The van der Waals surface area contributed by atoms with E-state index in [0.717, 1.165) is 5.56 Å². The smallest absolute Gasteiger partial charge is 0.249 e. The predicted octanol–water partition coefficient (Wildman–Crippen LogP) is 4.52. The van der Waals surface area contributed by atoms with Gasteiger partial charge in [-0.15, -0.1) is 0 Å². The molecule has 3 rings (SSSR count). The minimum atomic E-state index is -0.525. The van der Waals surface area contributed by atoms with Gasteiger partial charge in [0.05, 0.1) is 17.8 Å². The van der Waals surface area contributed by atoms with Crippen LogP contribution < -0.4 is 20.2 Å². The van der Waals surface area contributed by atoms with Gasteiger partial charge in [0.2, 0.25) is 11.8 Å². The van der Waals surface area contributed by atoms with Crippen molar-refractivity contribution in [2.24, 2.45) is 5.10 Å². The molecule has 3 aromatic carbocycles. The first-order valence-corrected chi connectivity index (χ1v) is 10.6. The predicted molar refractivity (Wildman–Crippen MR) is 127 cm³/mol. The molecular formula is C24H22BrN3O4. The number of nitrogens with zero attached hydrogens (tertiary/aromatic N) is 1. The lowest BCUT2D eigenvalue weighted by Crippen LogP contribution is -2.24. The summed E-state index contributed by atoms with van der Waals surface area (Å²) in [7, 11) is 1.55. The molecule has 2 amide bonds. The summed E-state index contributed by atoms with van der Waals surface area (Å²) in [6, 6.07) is 22.2. The minimum absolute atomic E-state index is 0.342. The average molecular weight is 496 g/mol. The zero-order chi connectivity index (χ0) is 22.8. The van der Waals surface area contributed by atoms with Crippen molar-refractivity contribution in [2.45, 2.75) is 13.0 Å². The molecule has 7 nitrogen and oxygen atoms in total. The molecule has 0 fully saturated rings. The molecule has 2 N–H and O–H groups in total. The summed E-state index contributed by atoms with van der Waals surface area (Å²) in [5, 5.41) is 6.56. The molecule has 0 unspecified atom stereocenters. The molecule has 8 heteroatoms. The molecule has 32 heavy (non-hydrogen) atoms. The maximum atomic E-state index is 12.0. The molecule has 0 heterocycles. The van der Waals surface area contributed by atoms with Crippen LogP contribution in [-0.2, 0) is 16.2 Å². The third-order valence-electron chi connectivity index (χ3n) is 4.26. The summed E-state index contributed by atoms with van der Waals surface area (Å²) in [6.07, 6.45) is 1.12. The van der Waals surface area contributed by atoms with Gasteiger partial charge in [0.15, 0.2) is 11.5 Å². The summed E-state index contributed by atoms with van der Waals surface area (Å²) < 4.78 is 12.0. The zero-order valence-corrected chi connectivity index (χ0v) is 19.0. The van der Waals surface area contributed by atoms with E-state index in [1.165, 1.54) is 6.21 Å². The second-order valence-electron chi connectivity index (χ2n) is 6.69. The van der Waals surface area contributed by atoms with Gasteiger partial charge in [0.1, 0.15) is 13.0 Å². The van der Waals surface area contributed by atoms with Crippen LogP contribution in [0.2, 0.25) is 0 Å². The highest BCUT2D eigenvalue weighted by atomic mass is 79.9. The Morgan fingerprint density at radius 3 is 2.38 bits per heavy atom. The number of nitrogens with one attached hydrogen (secondary N) is 2. The molecule has 0 aromatic heterocycles. The maximum absolute atomic E-state index is 12.0. The van der Waals surface area contributed by atoms with Crippen LogP contribution in [0.3, 0.4) is 0 Å². The van der Waals surface area contributed by atoms with Crippen molar-refractivity contribution in [3.8, 4) is 11.5 Å². The van der Waals surface area contributed by atoms with E-state index in [0.29, 0.717) is 33.8 Å². The van der Waals surface area contributed by atoms with Gasteiger partial charge in [0.25, 0.3) is 0 Å². The van der Waals surface area contributed by atoms with Crippen LogP contribution in [0.25, 0.3) is 0 Å². The zero-order valence-electron chi connectivity index (χ0n) is 17.4. The minimum Gasteiger partial charge on any atom is -0.493 e. The Labute approximate surface area is 194 Å². The van der Waals surface area contributed by atoms with Gasteiger partial charge in [-0.2, -0.15) is 5.10 Å². The topological polar surface area (TPSA) is 89.0 Å². The molecule has 0 saturated heterocycles. The molecule has 0 aliphatic heterocycles. The van der Waals surface area contributed by atoms with Crippen molar-refractivity contribution in [1.82, 2.24) is 5.43 Å². The Hall–Kier alpha value is -3.65. The number of methoxy groups -OCH3 is 1. The van der Waals surface area contributed by atoms with Gasteiger partial charge < -0.3 is 14.8 Å². The van der Waals surface area contributed by atoms with Crippen LogP contribution in [0.5, 0.6) is 11.5 Å². The van der Waals surface area contributed by atoms with Crippen molar-refractivity contribution < 1.29 is 19.1 Å². The Morgan fingerprint density at radius 2 is 1.69 bits per heavy atom. The van der Waals surface area contributed by atoms with E-state index >= 15 is 0 Å². The van der Waals surface area contributed by atoms with Gasteiger partial charge in [-0.05, 0) is 51.3 Å². The number of amides is 2. The molecular weight excluding hydrogens is 474 g/mol. The highest BCUT2D eigenvalue weighted by molar-refractivity contribution is 9.10. The lowest BCUT2D eigenvalue weighted by Gasteiger charge is -2.13. The summed E-state index contributed by atoms with van der Waals surface area (Å²) in [4.78, 5) is 23.9. The van der Waals surface area contributed by atoms with E-state index < -0.39 is 11.8 Å². The third-order valence-corrected chi connectivity index (χ3v) is 4.85. The molecule has 0 radical (unpaired) electrons. The Bertz CT molecular complexity index is 1090. The highest BCUT2D eigenvalue weighted by Crippen LogP contribution is 2.36. The maximum Gasteiger partial charge on any atom is 0.249 e. The van der Waals surface area contributed by atoms with E-state index in [1.54, 1.807) is 43.5 Å². The number of anilines is 1. The number of benzene rings is 3. The average Bonchev–Trinajstić information content (AvgIpc) is 2.79. The summed E-state index contributed by atoms with van der Waals surface area (Å²) in [5.74, 6) is 0.136. The van der Waals surface area contributed by atoms with Gasteiger partial charge >= 0.3 is 0 Å².